The molecule has 0 unspecified atom stereocenters. The van der Waals surface area contributed by atoms with Gasteiger partial charge in [-0.15, -0.1) is 0 Å². The number of nitrogens with zero attached hydrogens (tertiary/aromatic N) is 1. The first-order valence-electron chi connectivity index (χ1n) is 10.9. The zero-order chi connectivity index (χ0) is 22.9. The number of hydrogen-bond acceptors (Lipinski definition) is 4. The molecule has 3 rings (SSSR count). The Bertz CT molecular complexity index is 1090. The highest BCUT2D eigenvalue weighted by Crippen LogP contribution is 2.11. The number of carbonyl (C=O) groups excluding carboxylic acids is 1. The molecule has 0 aliphatic rings. The zero-order valence-electron chi connectivity index (χ0n) is 18.8. The number of quaternary nitrogens is 1. The molecule has 0 aliphatic carbocycles. The van der Waals surface area contributed by atoms with E-state index in [0.717, 1.165) is 35.4 Å². The van der Waals surface area contributed by atoms with Crippen LogP contribution in [0.1, 0.15) is 41.1 Å². The second-order valence-electron chi connectivity index (χ2n) is 8.05. The van der Waals surface area contributed by atoms with Gasteiger partial charge in [-0.05, 0) is 49.4 Å². The van der Waals surface area contributed by atoms with Gasteiger partial charge in [0, 0.05) is 25.1 Å². The van der Waals surface area contributed by atoms with Crippen molar-refractivity contribution in [2.45, 2.75) is 45.1 Å². The number of phenols is 1. The van der Waals surface area contributed by atoms with Crippen LogP contribution in [0.4, 0.5) is 0 Å². The van der Waals surface area contributed by atoms with Crippen LogP contribution in [0.25, 0.3) is 0 Å². The van der Waals surface area contributed by atoms with Gasteiger partial charge in [-0.2, -0.15) is 0 Å². The highest BCUT2D eigenvalue weighted by atomic mass is 35.5. The first kappa shape index (κ1) is 26.1. The van der Waals surface area contributed by atoms with Gasteiger partial charge in [0.1, 0.15) is 11.4 Å². The lowest BCUT2D eigenvalue weighted by atomic mass is 10.1. The minimum absolute atomic E-state index is 0. The van der Waals surface area contributed by atoms with E-state index in [1.54, 1.807) is 24.3 Å². The summed E-state index contributed by atoms with van der Waals surface area (Å²) in [5, 5.41) is 12.2. The van der Waals surface area contributed by atoms with Gasteiger partial charge in [0.2, 0.25) is 0 Å². The van der Waals surface area contributed by atoms with Crippen molar-refractivity contribution in [1.82, 2.24) is 15.3 Å². The maximum absolute atomic E-state index is 12.4. The van der Waals surface area contributed by atoms with Gasteiger partial charge >= 0.3 is 0 Å². The largest absolute Gasteiger partial charge is 1.00 e. The quantitative estimate of drug-likeness (QED) is 0.274. The van der Waals surface area contributed by atoms with E-state index in [0.29, 0.717) is 31.5 Å². The molecule has 0 radical (unpaired) electrons. The number of H-pyrrole nitrogens is 1. The summed E-state index contributed by atoms with van der Waals surface area (Å²) in [7, 11) is 0. The van der Waals surface area contributed by atoms with Gasteiger partial charge in [-0.25, -0.2) is 0 Å². The molecule has 1 aromatic heterocycles. The van der Waals surface area contributed by atoms with Crippen molar-refractivity contribution in [3.63, 3.8) is 0 Å². The molecule has 176 valence electrons. The third-order valence-electron chi connectivity index (χ3n) is 5.42. The van der Waals surface area contributed by atoms with Crippen LogP contribution in [-0.4, -0.2) is 33.6 Å². The van der Waals surface area contributed by atoms with Crippen LogP contribution < -0.4 is 29.0 Å². The van der Waals surface area contributed by atoms with Gasteiger partial charge in [0.05, 0.1) is 5.69 Å². The summed E-state index contributed by atoms with van der Waals surface area (Å²) >= 11 is 0. The van der Waals surface area contributed by atoms with E-state index in [-0.39, 0.29) is 29.6 Å². The molecule has 7 nitrogen and oxygen atoms in total. The van der Waals surface area contributed by atoms with Crippen LogP contribution in [0, 0.1) is 6.92 Å². The standard InChI is InChI=1S/C25H30N4O3.ClH/c1-17-23(16-18-7-3-2-4-8-18)29-25(32)22(28-17)9-5-6-14-27-24(31)21(26)15-19-10-12-20(30)13-11-19;/h2-4,7-8,10-13,21,30H,5-6,9,14-16,26H2,1H3,(H,27,31)(H,29,32);1H/t21-;/m0./s1. The molecule has 0 saturated heterocycles. The minimum Gasteiger partial charge on any atom is -1.00 e. The smallest absolute Gasteiger partial charge is 0.278 e. The molecule has 6 N–H and O–H groups in total. The highest BCUT2D eigenvalue weighted by molar-refractivity contribution is 5.80. The summed E-state index contributed by atoms with van der Waals surface area (Å²) in [5.74, 6) is 0.100. The van der Waals surface area contributed by atoms with Gasteiger partial charge in [-0.3, -0.25) is 14.6 Å². The molecule has 0 aliphatic heterocycles. The van der Waals surface area contributed by atoms with Gasteiger partial charge in [-0.1, -0.05) is 42.5 Å². The van der Waals surface area contributed by atoms with E-state index in [2.05, 4.69) is 21.0 Å². The molecule has 0 bridgehead atoms. The highest BCUT2D eigenvalue weighted by Gasteiger charge is 2.17. The predicted molar refractivity (Wildman–Crippen MR) is 123 cm³/mol. The van der Waals surface area contributed by atoms with Crippen LogP contribution in [0.5, 0.6) is 5.75 Å². The average molecular weight is 471 g/mol. The summed E-state index contributed by atoms with van der Waals surface area (Å²) in [6.07, 6.45) is 3.24. The molecule has 0 fully saturated rings. The fourth-order valence-electron chi connectivity index (χ4n) is 3.54. The van der Waals surface area contributed by atoms with Crippen molar-refractivity contribution >= 4 is 5.91 Å². The fourth-order valence-corrected chi connectivity index (χ4v) is 3.54. The summed E-state index contributed by atoms with van der Waals surface area (Å²) in [4.78, 5) is 32.2. The van der Waals surface area contributed by atoms with Crippen molar-refractivity contribution in [1.29, 1.82) is 0 Å². The Balaban J connectivity index is 0.00000385. The lowest BCUT2D eigenvalue weighted by Crippen LogP contribution is -3.00. The molecular formula is C25H31ClN4O3. The molecule has 0 spiro atoms. The van der Waals surface area contributed by atoms with E-state index in [1.807, 2.05) is 37.3 Å². The Kier molecular flexibility index (Phi) is 10.1. The minimum atomic E-state index is -0.399. The first-order valence-corrected chi connectivity index (χ1v) is 10.9. The van der Waals surface area contributed by atoms with Crippen molar-refractivity contribution in [2.24, 2.45) is 0 Å². The molecular weight excluding hydrogens is 440 g/mol. The van der Waals surface area contributed by atoms with Crippen molar-refractivity contribution in [3.8, 4) is 5.75 Å². The summed E-state index contributed by atoms with van der Waals surface area (Å²) in [6, 6.07) is 16.4. The van der Waals surface area contributed by atoms with Crippen LogP contribution in [0.3, 0.4) is 0 Å². The molecule has 3 aromatic rings. The summed E-state index contributed by atoms with van der Waals surface area (Å²) in [5.41, 5.74) is 8.09. The number of unbranched alkanes of at least 4 members (excludes halogenated alkanes) is 1. The normalized spacial score (nSPS) is 11.5. The van der Waals surface area contributed by atoms with E-state index in [9.17, 15) is 14.7 Å². The topological polar surface area (TPSA) is 123 Å². The fraction of sp³-hybridized carbons (Fsp3) is 0.320. The zero-order valence-corrected chi connectivity index (χ0v) is 19.6. The lowest BCUT2D eigenvalue weighted by Gasteiger charge is -2.10. The number of hydrogen-bond donors (Lipinski definition) is 4. The van der Waals surface area contributed by atoms with Crippen LogP contribution in [-0.2, 0) is 24.1 Å². The third kappa shape index (κ3) is 8.04. The third-order valence-corrected chi connectivity index (χ3v) is 5.42. The Morgan fingerprint density at radius 2 is 1.79 bits per heavy atom. The van der Waals surface area contributed by atoms with E-state index < -0.39 is 6.04 Å². The number of aryl methyl sites for hydroxylation is 2. The predicted octanol–water partition coefficient (Wildman–Crippen LogP) is -1.33. The molecule has 0 saturated carbocycles. The van der Waals surface area contributed by atoms with E-state index in [4.69, 9.17) is 0 Å². The second kappa shape index (κ2) is 12.8. The van der Waals surface area contributed by atoms with Crippen LogP contribution in [0.2, 0.25) is 0 Å². The van der Waals surface area contributed by atoms with Gasteiger partial charge in [0.15, 0.2) is 6.04 Å². The van der Waals surface area contributed by atoms with E-state index >= 15 is 0 Å². The number of benzene rings is 2. The maximum atomic E-state index is 12.4. The molecule has 1 atom stereocenters. The van der Waals surface area contributed by atoms with Crippen LogP contribution >= 0.6 is 0 Å². The number of halogens is 1. The Morgan fingerprint density at radius 1 is 1.09 bits per heavy atom. The number of amides is 1. The summed E-state index contributed by atoms with van der Waals surface area (Å²) in [6.45, 7) is 2.45. The number of aromatic nitrogens is 2. The molecule has 1 heterocycles. The number of phenolic OH excluding ortho intramolecular Hbond substituents is 1. The monoisotopic (exact) mass is 470 g/mol. The van der Waals surface area contributed by atoms with Crippen molar-refractivity contribution in [3.05, 3.63) is 93.2 Å². The number of aromatic amines is 1. The van der Waals surface area contributed by atoms with Crippen LogP contribution in [0.15, 0.2) is 59.4 Å². The Labute approximate surface area is 199 Å². The molecule has 8 heteroatoms. The van der Waals surface area contributed by atoms with Crippen molar-refractivity contribution < 1.29 is 28.0 Å². The number of carbonyl (C=O) groups is 1. The molecule has 1 amide bonds. The Morgan fingerprint density at radius 3 is 2.48 bits per heavy atom. The first-order chi connectivity index (χ1) is 15.4. The van der Waals surface area contributed by atoms with E-state index in [1.165, 1.54) is 0 Å². The average Bonchev–Trinajstić information content (AvgIpc) is 2.78. The van der Waals surface area contributed by atoms with Gasteiger partial charge < -0.3 is 33.5 Å². The SMILES string of the molecule is Cc1nc(CCCCNC(=O)[C@@H]([NH3+])Cc2ccc(O)cc2)c(=O)[nH]c1Cc1ccccc1.[Cl-]. The van der Waals surface area contributed by atoms with Gasteiger partial charge in [0.25, 0.3) is 11.5 Å². The maximum Gasteiger partial charge on any atom is 0.278 e. The Hall–Kier alpha value is -3.16. The van der Waals surface area contributed by atoms with Crippen molar-refractivity contribution in [2.75, 3.05) is 6.54 Å². The molecule has 2 aromatic carbocycles. The number of rotatable bonds is 10. The summed E-state index contributed by atoms with van der Waals surface area (Å²) < 4.78 is 0. The molecule has 33 heavy (non-hydrogen) atoms. The second-order valence-corrected chi connectivity index (χ2v) is 8.05. The number of nitrogens with one attached hydrogen (secondary N) is 2. The number of aromatic hydroxyl groups is 1. The lowest BCUT2D eigenvalue weighted by molar-refractivity contribution is -0.403.